The molecule has 0 aliphatic heterocycles. The predicted molar refractivity (Wildman–Crippen MR) is 40.6 cm³/mol. The lowest BCUT2D eigenvalue weighted by Crippen LogP contribution is -2.22. The summed E-state index contributed by atoms with van der Waals surface area (Å²) in [6.07, 6.45) is 3.15. The number of hydrogen-bond donors (Lipinski definition) is 2. The van der Waals surface area contributed by atoms with Crippen LogP contribution in [0.15, 0.2) is 24.5 Å². The van der Waals surface area contributed by atoms with Crippen LogP contribution in [-0.2, 0) is 0 Å². The van der Waals surface area contributed by atoms with E-state index in [4.69, 9.17) is 10.6 Å². The van der Waals surface area contributed by atoms with Crippen molar-refractivity contribution in [1.29, 1.82) is 5.41 Å². The van der Waals surface area contributed by atoms with E-state index in [0.29, 0.717) is 5.56 Å². The summed E-state index contributed by atoms with van der Waals surface area (Å²) >= 11 is 0. The zero-order chi connectivity index (χ0) is 8.27. The molecule has 0 amide bonds. The molecule has 0 aliphatic rings. The number of amidine groups is 1. The topological polar surface area (TPSA) is 60.2 Å². The van der Waals surface area contributed by atoms with E-state index >= 15 is 0 Å². The average molecular weight is 151 g/mol. The molecule has 0 atom stereocenters. The molecular weight excluding hydrogens is 142 g/mol. The molecule has 0 radical (unpaired) electrons. The van der Waals surface area contributed by atoms with E-state index in [1.807, 2.05) is 0 Å². The van der Waals surface area contributed by atoms with Gasteiger partial charge in [-0.25, -0.2) is 5.06 Å². The number of hydrogen-bond acceptors (Lipinski definition) is 3. The standard InChI is InChI=1S/C7H9N3O/c1-10(11)7(8)6-2-4-9-5-3-6/h2-5,8,11H,1H3. The molecule has 0 aromatic carbocycles. The summed E-state index contributed by atoms with van der Waals surface area (Å²) in [6, 6.07) is 3.32. The molecule has 4 nitrogen and oxygen atoms in total. The highest BCUT2D eigenvalue weighted by Gasteiger charge is 2.02. The first-order valence-corrected chi connectivity index (χ1v) is 3.13. The van der Waals surface area contributed by atoms with Gasteiger partial charge in [-0.3, -0.25) is 15.6 Å². The molecule has 1 heterocycles. The van der Waals surface area contributed by atoms with Crippen LogP contribution in [0.4, 0.5) is 0 Å². The van der Waals surface area contributed by atoms with Crippen molar-refractivity contribution in [1.82, 2.24) is 10.0 Å². The fraction of sp³-hybridized carbons (Fsp3) is 0.143. The second-order valence-corrected chi connectivity index (χ2v) is 2.11. The van der Waals surface area contributed by atoms with Crippen molar-refractivity contribution in [3.8, 4) is 0 Å². The number of aromatic nitrogens is 1. The maximum absolute atomic E-state index is 8.86. The number of nitrogens with one attached hydrogen (secondary N) is 1. The number of nitrogens with zero attached hydrogens (tertiary/aromatic N) is 2. The summed E-state index contributed by atoms with van der Waals surface area (Å²) in [4.78, 5) is 3.79. The van der Waals surface area contributed by atoms with Crippen LogP contribution in [0.1, 0.15) is 5.56 Å². The smallest absolute Gasteiger partial charge is 0.151 e. The predicted octanol–water partition coefficient (Wildman–Crippen LogP) is 0.728. The number of hydroxylamine groups is 2. The van der Waals surface area contributed by atoms with Crippen LogP contribution in [0.2, 0.25) is 0 Å². The molecule has 0 spiro atoms. The van der Waals surface area contributed by atoms with Gasteiger partial charge in [-0.2, -0.15) is 0 Å². The van der Waals surface area contributed by atoms with E-state index in [2.05, 4.69) is 4.98 Å². The summed E-state index contributed by atoms with van der Waals surface area (Å²) in [5.41, 5.74) is 0.644. The first-order chi connectivity index (χ1) is 5.22. The Balaban J connectivity index is 2.86. The van der Waals surface area contributed by atoms with E-state index < -0.39 is 0 Å². The Morgan fingerprint density at radius 3 is 2.55 bits per heavy atom. The van der Waals surface area contributed by atoms with E-state index in [-0.39, 0.29) is 5.84 Å². The van der Waals surface area contributed by atoms with Crippen LogP contribution >= 0.6 is 0 Å². The quantitative estimate of drug-likeness (QED) is 0.353. The summed E-state index contributed by atoms with van der Waals surface area (Å²) in [5, 5.41) is 17.0. The minimum atomic E-state index is 0.0624. The third kappa shape index (κ3) is 1.75. The molecule has 1 aromatic heterocycles. The molecule has 1 rings (SSSR count). The summed E-state index contributed by atoms with van der Waals surface area (Å²) in [5.74, 6) is 0.0624. The molecule has 2 N–H and O–H groups in total. The lowest BCUT2D eigenvalue weighted by Gasteiger charge is -2.10. The maximum atomic E-state index is 8.86. The Labute approximate surface area is 64.6 Å². The highest BCUT2D eigenvalue weighted by molar-refractivity contribution is 5.95. The van der Waals surface area contributed by atoms with Crippen molar-refractivity contribution in [3.63, 3.8) is 0 Å². The van der Waals surface area contributed by atoms with E-state index in [1.165, 1.54) is 7.05 Å². The van der Waals surface area contributed by atoms with Crippen LogP contribution in [-0.4, -0.2) is 28.1 Å². The largest absolute Gasteiger partial charge is 0.287 e. The third-order valence-electron chi connectivity index (χ3n) is 1.28. The van der Waals surface area contributed by atoms with Crippen molar-refractivity contribution < 1.29 is 5.21 Å². The fourth-order valence-corrected chi connectivity index (χ4v) is 0.697. The van der Waals surface area contributed by atoms with E-state index in [0.717, 1.165) is 5.06 Å². The Bertz CT molecular complexity index is 245. The molecule has 1 aromatic rings. The first kappa shape index (κ1) is 7.68. The van der Waals surface area contributed by atoms with Gasteiger partial charge in [0.15, 0.2) is 5.84 Å². The van der Waals surface area contributed by atoms with Crippen LogP contribution in [0.3, 0.4) is 0 Å². The minimum Gasteiger partial charge on any atom is -0.287 e. The highest BCUT2D eigenvalue weighted by Crippen LogP contribution is 1.98. The second-order valence-electron chi connectivity index (χ2n) is 2.11. The zero-order valence-corrected chi connectivity index (χ0v) is 6.15. The molecule has 11 heavy (non-hydrogen) atoms. The fourth-order valence-electron chi connectivity index (χ4n) is 0.697. The molecule has 0 fully saturated rings. The van der Waals surface area contributed by atoms with Gasteiger partial charge in [0, 0.05) is 25.0 Å². The lowest BCUT2D eigenvalue weighted by atomic mass is 10.2. The summed E-state index contributed by atoms with van der Waals surface area (Å²) < 4.78 is 0. The van der Waals surface area contributed by atoms with Gasteiger partial charge in [0.25, 0.3) is 0 Å². The van der Waals surface area contributed by atoms with E-state index in [9.17, 15) is 0 Å². The first-order valence-electron chi connectivity index (χ1n) is 3.13. The molecule has 0 saturated heterocycles. The summed E-state index contributed by atoms with van der Waals surface area (Å²) in [6.45, 7) is 0. The maximum Gasteiger partial charge on any atom is 0.151 e. The van der Waals surface area contributed by atoms with Crippen LogP contribution in [0.25, 0.3) is 0 Å². The molecule has 0 bridgehead atoms. The van der Waals surface area contributed by atoms with Crippen LogP contribution in [0, 0.1) is 5.41 Å². The lowest BCUT2D eigenvalue weighted by molar-refractivity contribution is 0.0133. The highest BCUT2D eigenvalue weighted by atomic mass is 16.5. The Hall–Kier alpha value is -1.42. The zero-order valence-electron chi connectivity index (χ0n) is 6.15. The SMILES string of the molecule is CN(O)C(=N)c1ccncc1. The van der Waals surface area contributed by atoms with Crippen molar-refractivity contribution in [2.45, 2.75) is 0 Å². The Morgan fingerprint density at radius 2 is 2.09 bits per heavy atom. The van der Waals surface area contributed by atoms with Gasteiger partial charge in [-0.05, 0) is 12.1 Å². The number of rotatable bonds is 1. The molecular formula is C7H9N3O. The minimum absolute atomic E-state index is 0.0624. The normalized spacial score (nSPS) is 9.27. The third-order valence-corrected chi connectivity index (χ3v) is 1.28. The van der Waals surface area contributed by atoms with Crippen LogP contribution in [0.5, 0.6) is 0 Å². The molecule has 58 valence electrons. The molecule has 0 unspecified atom stereocenters. The number of pyridine rings is 1. The summed E-state index contributed by atoms with van der Waals surface area (Å²) in [7, 11) is 1.41. The van der Waals surface area contributed by atoms with Crippen molar-refractivity contribution in [2.24, 2.45) is 0 Å². The van der Waals surface area contributed by atoms with Gasteiger partial charge < -0.3 is 0 Å². The Kier molecular flexibility index (Phi) is 2.18. The van der Waals surface area contributed by atoms with Gasteiger partial charge in [0.2, 0.25) is 0 Å². The average Bonchev–Trinajstić information content (AvgIpc) is 2.05. The van der Waals surface area contributed by atoms with Gasteiger partial charge in [-0.15, -0.1) is 0 Å². The van der Waals surface area contributed by atoms with Crippen molar-refractivity contribution in [3.05, 3.63) is 30.1 Å². The van der Waals surface area contributed by atoms with Gasteiger partial charge in [-0.1, -0.05) is 0 Å². The van der Waals surface area contributed by atoms with Gasteiger partial charge in [0.05, 0.1) is 0 Å². The monoisotopic (exact) mass is 151 g/mol. The second kappa shape index (κ2) is 3.12. The van der Waals surface area contributed by atoms with E-state index in [1.54, 1.807) is 24.5 Å². The van der Waals surface area contributed by atoms with Crippen molar-refractivity contribution >= 4 is 5.84 Å². The Morgan fingerprint density at radius 1 is 1.55 bits per heavy atom. The molecule has 0 saturated carbocycles. The molecule has 4 heteroatoms. The molecule has 0 aliphatic carbocycles. The van der Waals surface area contributed by atoms with Gasteiger partial charge in [0.1, 0.15) is 0 Å². The van der Waals surface area contributed by atoms with Gasteiger partial charge >= 0.3 is 0 Å². The van der Waals surface area contributed by atoms with Crippen LogP contribution < -0.4 is 0 Å². The van der Waals surface area contributed by atoms with Crippen molar-refractivity contribution in [2.75, 3.05) is 7.05 Å².